The summed E-state index contributed by atoms with van der Waals surface area (Å²) < 4.78 is 0. The highest BCUT2D eigenvalue weighted by Gasteiger charge is 2.27. The summed E-state index contributed by atoms with van der Waals surface area (Å²) in [5.41, 5.74) is 2.84. The van der Waals surface area contributed by atoms with Crippen LogP contribution in [0.3, 0.4) is 0 Å². The molecule has 0 aromatic heterocycles. The van der Waals surface area contributed by atoms with Crippen molar-refractivity contribution in [2.24, 2.45) is 5.92 Å². The molecular weight excluding hydrogens is 246 g/mol. The minimum Gasteiger partial charge on any atom is -0.369 e. The molecule has 110 valence electrons. The van der Waals surface area contributed by atoms with Crippen LogP contribution in [-0.2, 0) is 0 Å². The maximum atomic E-state index is 3.37. The second kappa shape index (κ2) is 6.15. The third-order valence-electron chi connectivity index (χ3n) is 4.76. The van der Waals surface area contributed by atoms with Crippen LogP contribution >= 0.6 is 0 Å². The molecule has 0 spiro atoms. The van der Waals surface area contributed by atoms with Crippen LogP contribution in [0.15, 0.2) is 24.3 Å². The predicted molar refractivity (Wildman–Crippen MR) is 85.3 cm³/mol. The van der Waals surface area contributed by atoms with Crippen LogP contribution in [0, 0.1) is 5.92 Å². The molecule has 1 heterocycles. The van der Waals surface area contributed by atoms with Crippen LogP contribution in [0.4, 0.5) is 5.69 Å². The molecular formula is C17H27N3. The molecule has 1 saturated heterocycles. The Morgan fingerprint density at radius 2 is 1.85 bits per heavy atom. The first kappa shape index (κ1) is 13.9. The zero-order valence-electron chi connectivity index (χ0n) is 12.8. The standard InChI is InChI=1S/C17H27N3/c1-14(18-2)16-5-3-4-6-17(16)20-11-9-19(10-12-20)13-15-7-8-15/h3-6,14-15,18H,7-13H2,1-2H3. The minimum atomic E-state index is 0.413. The number of nitrogens with one attached hydrogen (secondary N) is 1. The molecule has 1 aromatic rings. The molecule has 1 aromatic carbocycles. The average Bonchev–Trinajstić information content (AvgIpc) is 3.31. The molecule has 1 aliphatic heterocycles. The van der Waals surface area contributed by atoms with E-state index in [9.17, 15) is 0 Å². The first-order chi connectivity index (χ1) is 9.78. The van der Waals surface area contributed by atoms with E-state index in [1.165, 1.54) is 56.8 Å². The molecule has 20 heavy (non-hydrogen) atoms. The van der Waals surface area contributed by atoms with E-state index < -0.39 is 0 Å². The van der Waals surface area contributed by atoms with E-state index >= 15 is 0 Å². The second-order valence-electron chi connectivity index (χ2n) is 6.30. The quantitative estimate of drug-likeness (QED) is 0.889. The lowest BCUT2D eigenvalue weighted by atomic mass is 10.0. The van der Waals surface area contributed by atoms with E-state index in [1.54, 1.807) is 0 Å². The van der Waals surface area contributed by atoms with Gasteiger partial charge in [0.05, 0.1) is 0 Å². The SMILES string of the molecule is CNC(C)c1ccccc1N1CCN(CC2CC2)CC1. The highest BCUT2D eigenvalue weighted by Crippen LogP contribution is 2.31. The predicted octanol–water partition coefficient (Wildman–Crippen LogP) is 2.50. The number of hydrogen-bond acceptors (Lipinski definition) is 3. The van der Waals surface area contributed by atoms with Gasteiger partial charge in [-0.25, -0.2) is 0 Å². The summed E-state index contributed by atoms with van der Waals surface area (Å²) >= 11 is 0. The van der Waals surface area contributed by atoms with Gasteiger partial charge in [-0.05, 0) is 44.4 Å². The first-order valence-corrected chi connectivity index (χ1v) is 8.01. The zero-order valence-corrected chi connectivity index (χ0v) is 12.8. The van der Waals surface area contributed by atoms with Crippen LogP contribution in [0.1, 0.15) is 31.4 Å². The molecule has 1 saturated carbocycles. The van der Waals surface area contributed by atoms with Crippen LogP contribution < -0.4 is 10.2 Å². The highest BCUT2D eigenvalue weighted by molar-refractivity contribution is 5.55. The van der Waals surface area contributed by atoms with Crippen molar-refractivity contribution in [3.8, 4) is 0 Å². The fourth-order valence-electron chi connectivity index (χ4n) is 3.13. The topological polar surface area (TPSA) is 18.5 Å². The molecule has 3 rings (SSSR count). The van der Waals surface area contributed by atoms with Crippen molar-refractivity contribution in [3.05, 3.63) is 29.8 Å². The molecule has 2 fully saturated rings. The number of anilines is 1. The van der Waals surface area contributed by atoms with E-state index in [-0.39, 0.29) is 0 Å². The Morgan fingerprint density at radius 1 is 1.15 bits per heavy atom. The number of rotatable bonds is 5. The number of piperazine rings is 1. The molecule has 1 N–H and O–H groups in total. The molecule has 0 bridgehead atoms. The summed E-state index contributed by atoms with van der Waals surface area (Å²) in [6, 6.07) is 9.26. The third kappa shape index (κ3) is 3.15. The van der Waals surface area contributed by atoms with Gasteiger partial charge in [-0.1, -0.05) is 18.2 Å². The first-order valence-electron chi connectivity index (χ1n) is 8.01. The molecule has 1 aliphatic carbocycles. The van der Waals surface area contributed by atoms with Crippen molar-refractivity contribution < 1.29 is 0 Å². The zero-order chi connectivity index (χ0) is 13.9. The summed E-state index contributed by atoms with van der Waals surface area (Å²) in [7, 11) is 2.04. The molecule has 2 aliphatic rings. The number of benzene rings is 1. The molecule has 0 radical (unpaired) electrons. The number of para-hydroxylation sites is 1. The fraction of sp³-hybridized carbons (Fsp3) is 0.647. The van der Waals surface area contributed by atoms with Gasteiger partial charge in [-0.15, -0.1) is 0 Å². The van der Waals surface area contributed by atoms with Gasteiger partial charge in [-0.3, -0.25) is 4.90 Å². The van der Waals surface area contributed by atoms with Gasteiger partial charge in [0.1, 0.15) is 0 Å². The van der Waals surface area contributed by atoms with Crippen molar-refractivity contribution in [2.75, 3.05) is 44.7 Å². The summed E-state index contributed by atoms with van der Waals surface area (Å²) in [4.78, 5) is 5.21. The molecule has 1 unspecified atom stereocenters. The molecule has 3 nitrogen and oxygen atoms in total. The highest BCUT2D eigenvalue weighted by atomic mass is 15.3. The Labute approximate surface area is 123 Å². The lowest BCUT2D eigenvalue weighted by Crippen LogP contribution is -2.47. The van der Waals surface area contributed by atoms with Crippen molar-refractivity contribution in [3.63, 3.8) is 0 Å². The minimum absolute atomic E-state index is 0.413. The monoisotopic (exact) mass is 273 g/mol. The summed E-state index contributed by atoms with van der Waals surface area (Å²) in [5.74, 6) is 1.01. The lowest BCUT2D eigenvalue weighted by molar-refractivity contribution is 0.248. The Bertz CT molecular complexity index is 434. The Balaban J connectivity index is 1.64. The maximum Gasteiger partial charge on any atom is 0.0415 e. The Hall–Kier alpha value is -1.06. The number of nitrogens with zero attached hydrogens (tertiary/aromatic N) is 2. The maximum absolute atomic E-state index is 3.37. The fourth-order valence-corrected chi connectivity index (χ4v) is 3.13. The molecule has 0 amide bonds. The van der Waals surface area contributed by atoms with E-state index in [1.807, 2.05) is 7.05 Å². The smallest absolute Gasteiger partial charge is 0.0415 e. The second-order valence-corrected chi connectivity index (χ2v) is 6.30. The van der Waals surface area contributed by atoms with Crippen molar-refractivity contribution in [2.45, 2.75) is 25.8 Å². The normalized spacial score (nSPS) is 22.0. The molecule has 1 atom stereocenters. The van der Waals surface area contributed by atoms with Crippen LogP contribution in [0.2, 0.25) is 0 Å². The summed E-state index contributed by atoms with van der Waals surface area (Å²) in [6.45, 7) is 8.35. The van der Waals surface area contributed by atoms with Crippen molar-refractivity contribution in [1.82, 2.24) is 10.2 Å². The van der Waals surface area contributed by atoms with Crippen LogP contribution in [-0.4, -0.2) is 44.7 Å². The van der Waals surface area contributed by atoms with Crippen molar-refractivity contribution >= 4 is 5.69 Å². The van der Waals surface area contributed by atoms with Crippen LogP contribution in [0.25, 0.3) is 0 Å². The van der Waals surface area contributed by atoms with Gasteiger partial charge >= 0.3 is 0 Å². The van der Waals surface area contributed by atoms with Crippen LogP contribution in [0.5, 0.6) is 0 Å². The van der Waals surface area contributed by atoms with Crippen molar-refractivity contribution in [1.29, 1.82) is 0 Å². The van der Waals surface area contributed by atoms with E-state index in [4.69, 9.17) is 0 Å². The third-order valence-corrected chi connectivity index (χ3v) is 4.76. The van der Waals surface area contributed by atoms with Gasteiger partial charge in [0, 0.05) is 44.5 Å². The van der Waals surface area contributed by atoms with Gasteiger partial charge < -0.3 is 10.2 Å². The van der Waals surface area contributed by atoms with Gasteiger partial charge in [0.15, 0.2) is 0 Å². The van der Waals surface area contributed by atoms with Gasteiger partial charge in [0.25, 0.3) is 0 Å². The van der Waals surface area contributed by atoms with Gasteiger partial charge in [-0.2, -0.15) is 0 Å². The van der Waals surface area contributed by atoms with E-state index in [0.29, 0.717) is 6.04 Å². The largest absolute Gasteiger partial charge is 0.369 e. The Morgan fingerprint density at radius 3 is 2.50 bits per heavy atom. The average molecular weight is 273 g/mol. The summed E-state index contributed by atoms with van der Waals surface area (Å²) in [6.07, 6.45) is 2.92. The summed E-state index contributed by atoms with van der Waals surface area (Å²) in [5, 5.41) is 3.37. The Kier molecular flexibility index (Phi) is 4.27. The van der Waals surface area contributed by atoms with E-state index in [2.05, 4.69) is 46.3 Å². The van der Waals surface area contributed by atoms with Gasteiger partial charge in [0.2, 0.25) is 0 Å². The number of hydrogen-bond donors (Lipinski definition) is 1. The van der Waals surface area contributed by atoms with E-state index in [0.717, 1.165) is 5.92 Å². The lowest BCUT2D eigenvalue weighted by Gasteiger charge is -2.37. The molecule has 3 heteroatoms.